The van der Waals surface area contributed by atoms with Gasteiger partial charge in [-0.15, -0.1) is 24.0 Å². The SMILES string of the molecule is CCNC(=NCC1(CO)CC1)NC(C)c1ccc(C)c(F)c1.I. The third-order valence-electron chi connectivity index (χ3n) is 4.26. The Balaban J connectivity index is 0.00000264. The van der Waals surface area contributed by atoms with Gasteiger partial charge in [-0.2, -0.15) is 0 Å². The number of nitrogens with zero attached hydrogens (tertiary/aromatic N) is 1. The Morgan fingerprint density at radius 2 is 2.13 bits per heavy atom. The van der Waals surface area contributed by atoms with Crippen molar-refractivity contribution in [2.75, 3.05) is 19.7 Å². The first kappa shape index (κ1) is 20.2. The molecule has 2 rings (SSSR count). The number of nitrogens with one attached hydrogen (secondary N) is 2. The highest BCUT2D eigenvalue weighted by Crippen LogP contribution is 2.45. The highest BCUT2D eigenvalue weighted by molar-refractivity contribution is 14.0. The minimum atomic E-state index is -0.190. The molecule has 0 aromatic heterocycles. The van der Waals surface area contributed by atoms with Gasteiger partial charge in [-0.05, 0) is 50.8 Å². The van der Waals surface area contributed by atoms with Crippen molar-refractivity contribution in [3.63, 3.8) is 0 Å². The van der Waals surface area contributed by atoms with Gasteiger partial charge in [0.25, 0.3) is 0 Å². The van der Waals surface area contributed by atoms with Gasteiger partial charge in [0.2, 0.25) is 0 Å². The van der Waals surface area contributed by atoms with Crippen LogP contribution in [0.5, 0.6) is 0 Å². The zero-order chi connectivity index (χ0) is 16.2. The Morgan fingerprint density at radius 3 is 2.65 bits per heavy atom. The van der Waals surface area contributed by atoms with Gasteiger partial charge in [-0.25, -0.2) is 4.39 Å². The molecule has 0 bridgehead atoms. The minimum Gasteiger partial charge on any atom is -0.396 e. The smallest absolute Gasteiger partial charge is 0.191 e. The third kappa shape index (κ3) is 5.60. The van der Waals surface area contributed by atoms with Crippen LogP contribution in [0.3, 0.4) is 0 Å². The Kier molecular flexibility index (Phi) is 7.73. The molecular formula is C17H27FIN3O. The summed E-state index contributed by atoms with van der Waals surface area (Å²) in [6, 6.07) is 5.23. The molecule has 1 aliphatic rings. The normalized spacial score (nSPS) is 17.2. The molecule has 3 N–H and O–H groups in total. The van der Waals surface area contributed by atoms with E-state index in [4.69, 9.17) is 0 Å². The average Bonchev–Trinajstić information content (AvgIpc) is 3.28. The van der Waals surface area contributed by atoms with Gasteiger partial charge in [0, 0.05) is 12.0 Å². The molecule has 0 amide bonds. The predicted octanol–water partition coefficient (Wildman–Crippen LogP) is 3.14. The molecule has 1 unspecified atom stereocenters. The quantitative estimate of drug-likeness (QED) is 0.366. The number of halogens is 2. The molecule has 1 atom stereocenters. The van der Waals surface area contributed by atoms with E-state index in [9.17, 15) is 9.50 Å². The van der Waals surface area contributed by atoms with E-state index in [-0.39, 0.29) is 47.9 Å². The van der Waals surface area contributed by atoms with Gasteiger partial charge in [-0.1, -0.05) is 12.1 Å². The van der Waals surface area contributed by atoms with Crippen molar-refractivity contribution in [3.05, 3.63) is 35.1 Å². The molecule has 0 radical (unpaired) electrons. The highest BCUT2D eigenvalue weighted by atomic mass is 127. The molecule has 4 nitrogen and oxygen atoms in total. The number of aliphatic hydroxyl groups excluding tert-OH is 1. The van der Waals surface area contributed by atoms with Crippen molar-refractivity contribution in [2.24, 2.45) is 10.4 Å². The Bertz CT molecular complexity index is 547. The monoisotopic (exact) mass is 435 g/mol. The lowest BCUT2D eigenvalue weighted by Crippen LogP contribution is -2.39. The van der Waals surface area contributed by atoms with Gasteiger partial charge in [0.15, 0.2) is 5.96 Å². The Labute approximate surface area is 155 Å². The summed E-state index contributed by atoms with van der Waals surface area (Å²) in [5, 5.41) is 15.9. The van der Waals surface area contributed by atoms with Crippen LogP contribution in [0.2, 0.25) is 0 Å². The summed E-state index contributed by atoms with van der Waals surface area (Å²) in [5.74, 6) is 0.515. The van der Waals surface area contributed by atoms with Crippen LogP contribution in [0.4, 0.5) is 4.39 Å². The summed E-state index contributed by atoms with van der Waals surface area (Å²) < 4.78 is 13.7. The molecule has 0 saturated heterocycles. The maximum atomic E-state index is 13.7. The summed E-state index contributed by atoms with van der Waals surface area (Å²) in [6.07, 6.45) is 2.07. The van der Waals surface area contributed by atoms with Gasteiger partial charge < -0.3 is 15.7 Å². The van der Waals surface area contributed by atoms with Crippen LogP contribution in [0.25, 0.3) is 0 Å². The van der Waals surface area contributed by atoms with Crippen molar-refractivity contribution >= 4 is 29.9 Å². The predicted molar refractivity (Wildman–Crippen MR) is 103 cm³/mol. The van der Waals surface area contributed by atoms with E-state index in [0.717, 1.165) is 24.9 Å². The molecule has 0 aliphatic heterocycles. The first-order valence-corrected chi connectivity index (χ1v) is 7.91. The molecule has 0 heterocycles. The van der Waals surface area contributed by atoms with Crippen LogP contribution in [0.1, 0.15) is 43.9 Å². The molecule has 1 fully saturated rings. The van der Waals surface area contributed by atoms with Crippen molar-refractivity contribution in [1.82, 2.24) is 10.6 Å². The van der Waals surface area contributed by atoms with E-state index in [1.165, 1.54) is 0 Å². The lowest BCUT2D eigenvalue weighted by molar-refractivity contribution is 0.217. The number of hydrogen-bond donors (Lipinski definition) is 3. The van der Waals surface area contributed by atoms with Crippen LogP contribution in [0.15, 0.2) is 23.2 Å². The zero-order valence-corrected chi connectivity index (χ0v) is 16.4. The minimum absolute atomic E-state index is 0. The van der Waals surface area contributed by atoms with Crippen LogP contribution in [-0.4, -0.2) is 30.8 Å². The maximum Gasteiger partial charge on any atom is 0.191 e. The lowest BCUT2D eigenvalue weighted by atomic mass is 10.1. The first-order chi connectivity index (χ1) is 10.5. The van der Waals surface area contributed by atoms with Crippen LogP contribution in [-0.2, 0) is 0 Å². The number of hydrogen-bond acceptors (Lipinski definition) is 2. The molecule has 1 aliphatic carbocycles. The zero-order valence-electron chi connectivity index (χ0n) is 14.0. The van der Waals surface area contributed by atoms with Gasteiger partial charge >= 0.3 is 0 Å². The summed E-state index contributed by atoms with van der Waals surface area (Å²) in [6.45, 7) is 7.31. The van der Waals surface area contributed by atoms with Crippen LogP contribution >= 0.6 is 24.0 Å². The largest absolute Gasteiger partial charge is 0.396 e. The molecule has 23 heavy (non-hydrogen) atoms. The van der Waals surface area contributed by atoms with E-state index >= 15 is 0 Å². The third-order valence-corrected chi connectivity index (χ3v) is 4.26. The van der Waals surface area contributed by atoms with E-state index in [0.29, 0.717) is 18.1 Å². The summed E-state index contributed by atoms with van der Waals surface area (Å²) in [5.41, 5.74) is 1.52. The fourth-order valence-corrected chi connectivity index (χ4v) is 2.28. The summed E-state index contributed by atoms with van der Waals surface area (Å²) in [4.78, 5) is 4.56. The van der Waals surface area contributed by atoms with Gasteiger partial charge in [-0.3, -0.25) is 4.99 Å². The summed E-state index contributed by atoms with van der Waals surface area (Å²) >= 11 is 0. The number of guanidine groups is 1. The number of aliphatic imine (C=N–C) groups is 1. The fraction of sp³-hybridized carbons (Fsp3) is 0.588. The molecule has 130 valence electrons. The average molecular weight is 435 g/mol. The van der Waals surface area contributed by atoms with E-state index < -0.39 is 0 Å². The van der Waals surface area contributed by atoms with E-state index in [2.05, 4.69) is 15.6 Å². The van der Waals surface area contributed by atoms with E-state index in [1.807, 2.05) is 19.9 Å². The second-order valence-corrected chi connectivity index (χ2v) is 6.23. The Morgan fingerprint density at radius 1 is 1.43 bits per heavy atom. The molecule has 1 saturated carbocycles. The summed E-state index contributed by atoms with van der Waals surface area (Å²) in [7, 11) is 0. The number of aryl methyl sites for hydroxylation is 1. The number of benzene rings is 1. The molecule has 1 aromatic carbocycles. The second-order valence-electron chi connectivity index (χ2n) is 6.23. The standard InChI is InChI=1S/C17H26FN3O.HI/c1-4-19-16(20-10-17(11-22)7-8-17)21-13(3)14-6-5-12(2)15(18)9-14;/h5-6,9,13,22H,4,7-8,10-11H2,1-3H3,(H2,19,20,21);1H. The van der Waals surface area contributed by atoms with Crippen molar-refractivity contribution in [3.8, 4) is 0 Å². The topological polar surface area (TPSA) is 56.7 Å². The second kappa shape index (κ2) is 8.82. The van der Waals surface area contributed by atoms with Crippen molar-refractivity contribution < 1.29 is 9.50 Å². The molecule has 1 aromatic rings. The van der Waals surface area contributed by atoms with Crippen molar-refractivity contribution in [1.29, 1.82) is 0 Å². The molecular weight excluding hydrogens is 408 g/mol. The molecule has 0 spiro atoms. The molecule has 6 heteroatoms. The first-order valence-electron chi connectivity index (χ1n) is 7.91. The highest BCUT2D eigenvalue weighted by Gasteiger charge is 2.41. The van der Waals surface area contributed by atoms with Gasteiger partial charge in [0.05, 0.1) is 19.2 Å². The Hall–Kier alpha value is -0.890. The fourth-order valence-electron chi connectivity index (χ4n) is 2.28. The number of aliphatic hydroxyl groups is 1. The van der Waals surface area contributed by atoms with Crippen LogP contribution < -0.4 is 10.6 Å². The van der Waals surface area contributed by atoms with Crippen LogP contribution in [0, 0.1) is 18.2 Å². The lowest BCUT2D eigenvalue weighted by Gasteiger charge is -2.19. The van der Waals surface area contributed by atoms with Gasteiger partial charge in [0.1, 0.15) is 5.82 Å². The number of rotatable bonds is 6. The van der Waals surface area contributed by atoms with Crippen molar-refractivity contribution in [2.45, 2.75) is 39.7 Å². The maximum absolute atomic E-state index is 13.7. The van der Waals surface area contributed by atoms with E-state index in [1.54, 1.807) is 19.1 Å².